The van der Waals surface area contributed by atoms with Crippen molar-refractivity contribution >= 4 is 16.7 Å². The minimum absolute atomic E-state index is 0. The summed E-state index contributed by atoms with van der Waals surface area (Å²) in [6.07, 6.45) is 4.04. The number of aromatic nitrogens is 1. The predicted molar refractivity (Wildman–Crippen MR) is 144 cm³/mol. The molecule has 1 atom stereocenters. The van der Waals surface area contributed by atoms with Gasteiger partial charge in [-0.3, -0.25) is 9.78 Å². The fourth-order valence-corrected chi connectivity index (χ4v) is 5.15. The Hall–Kier alpha value is -2.29. The van der Waals surface area contributed by atoms with Gasteiger partial charge in [0.15, 0.2) is 5.78 Å². The van der Waals surface area contributed by atoms with E-state index in [4.69, 9.17) is 4.98 Å². The number of aliphatic hydroxyl groups is 1. The van der Waals surface area contributed by atoms with Crippen LogP contribution in [0.4, 0.5) is 0 Å². The molecule has 0 spiro atoms. The van der Waals surface area contributed by atoms with Gasteiger partial charge in [-0.1, -0.05) is 65.8 Å². The van der Waals surface area contributed by atoms with Crippen molar-refractivity contribution in [1.29, 1.82) is 0 Å². The van der Waals surface area contributed by atoms with Gasteiger partial charge in [0, 0.05) is 36.5 Å². The molecule has 3 nitrogen and oxygen atoms in total. The van der Waals surface area contributed by atoms with Crippen LogP contribution in [0.25, 0.3) is 22.2 Å². The molecule has 1 N–H and O–H groups in total. The second-order valence-corrected chi connectivity index (χ2v) is 11.7. The van der Waals surface area contributed by atoms with E-state index in [0.717, 1.165) is 48.0 Å². The summed E-state index contributed by atoms with van der Waals surface area (Å²) < 4.78 is 0. The minimum atomic E-state index is -0.284. The number of Topliss-reactive ketones (excluding diaryl/α,β-unsaturated/α-hetero) is 1. The molecule has 193 valence electrons. The summed E-state index contributed by atoms with van der Waals surface area (Å²) in [5.74, 6) is 1.38. The minimum Gasteiger partial charge on any atom is -0.511 e. The van der Waals surface area contributed by atoms with E-state index >= 15 is 0 Å². The van der Waals surface area contributed by atoms with Crippen molar-refractivity contribution in [3.63, 3.8) is 0 Å². The van der Waals surface area contributed by atoms with Crippen molar-refractivity contribution in [2.45, 2.75) is 73.1 Å². The summed E-state index contributed by atoms with van der Waals surface area (Å²) in [5.41, 5.74) is 4.65. The summed E-state index contributed by atoms with van der Waals surface area (Å²) >= 11 is 0. The van der Waals surface area contributed by atoms with Gasteiger partial charge in [0.05, 0.1) is 5.52 Å². The molecule has 2 aliphatic carbocycles. The van der Waals surface area contributed by atoms with Gasteiger partial charge in [-0.25, -0.2) is 0 Å². The van der Waals surface area contributed by atoms with Gasteiger partial charge < -0.3 is 5.11 Å². The van der Waals surface area contributed by atoms with Gasteiger partial charge in [0.2, 0.25) is 0 Å². The molecule has 0 saturated heterocycles. The first-order chi connectivity index (χ1) is 16.5. The Bertz CT molecular complexity index is 1260. The summed E-state index contributed by atoms with van der Waals surface area (Å²) in [7, 11) is 0. The molecule has 36 heavy (non-hydrogen) atoms. The first-order valence-electron chi connectivity index (χ1n) is 12.9. The number of rotatable bonds is 2. The van der Waals surface area contributed by atoms with E-state index in [1.807, 2.05) is 52.0 Å². The molecule has 1 aromatic heterocycles. The van der Waals surface area contributed by atoms with Crippen LogP contribution in [-0.4, -0.2) is 15.9 Å². The van der Waals surface area contributed by atoms with Gasteiger partial charge in [0.1, 0.15) is 5.76 Å². The van der Waals surface area contributed by atoms with Crippen LogP contribution in [0.1, 0.15) is 78.7 Å². The molecular formula is C32H38IrNO2-. The molecule has 1 heterocycles. The Labute approximate surface area is 229 Å². The quantitative estimate of drug-likeness (QED) is 0.281. The molecule has 5 rings (SSSR count). The van der Waals surface area contributed by atoms with E-state index in [1.165, 1.54) is 10.9 Å². The first-order valence-corrected chi connectivity index (χ1v) is 12.9. The first kappa shape index (κ1) is 28.3. The molecular weight excluding hydrogens is 623 g/mol. The Kier molecular flexibility index (Phi) is 8.63. The number of carbonyl (C=O) groups excluding carboxylic acids is 1. The van der Waals surface area contributed by atoms with Crippen LogP contribution in [-0.2, 0) is 24.9 Å². The maximum Gasteiger partial charge on any atom is 0.168 e. The van der Waals surface area contributed by atoms with E-state index in [-0.39, 0.29) is 36.7 Å². The SMILES string of the molecule is CC(C)c1ccc2ccc(-c3[c-]cccc3)nc2c1.CC1(C)CCC2CCC(C)(C)C(O)=C2C1=O.[Ir]. The zero-order valence-corrected chi connectivity index (χ0v) is 24.7. The number of hydrogen-bond acceptors (Lipinski definition) is 3. The third-order valence-corrected chi connectivity index (χ3v) is 7.77. The summed E-state index contributed by atoms with van der Waals surface area (Å²) in [4.78, 5) is 17.1. The van der Waals surface area contributed by atoms with Gasteiger partial charge in [0.25, 0.3) is 0 Å². The summed E-state index contributed by atoms with van der Waals surface area (Å²) in [6.45, 7) is 12.5. The molecule has 1 fully saturated rings. The summed E-state index contributed by atoms with van der Waals surface area (Å²) in [5, 5.41) is 11.5. The van der Waals surface area contributed by atoms with Crippen LogP contribution in [0, 0.1) is 22.8 Å². The predicted octanol–water partition coefficient (Wildman–Crippen LogP) is 8.45. The van der Waals surface area contributed by atoms with E-state index in [0.29, 0.717) is 17.6 Å². The maximum atomic E-state index is 12.4. The number of benzene rings is 2. The number of allylic oxidation sites excluding steroid dienone is 2. The fraction of sp³-hybridized carbons (Fsp3) is 0.438. The van der Waals surface area contributed by atoms with Crippen LogP contribution in [0.3, 0.4) is 0 Å². The van der Waals surface area contributed by atoms with Crippen LogP contribution in [0.2, 0.25) is 0 Å². The van der Waals surface area contributed by atoms with Gasteiger partial charge in [-0.2, -0.15) is 0 Å². The van der Waals surface area contributed by atoms with Crippen molar-refractivity contribution in [2.75, 3.05) is 0 Å². The van der Waals surface area contributed by atoms with Crippen molar-refractivity contribution in [1.82, 2.24) is 4.98 Å². The third-order valence-electron chi connectivity index (χ3n) is 7.77. The number of carbonyl (C=O) groups is 1. The topological polar surface area (TPSA) is 50.2 Å². The van der Waals surface area contributed by atoms with Crippen LogP contribution in [0.5, 0.6) is 0 Å². The second-order valence-electron chi connectivity index (χ2n) is 11.7. The monoisotopic (exact) mass is 661 g/mol. The fourth-order valence-electron chi connectivity index (χ4n) is 5.15. The Morgan fingerprint density at radius 2 is 1.64 bits per heavy atom. The number of fused-ring (bicyclic) bond motifs is 2. The van der Waals surface area contributed by atoms with Gasteiger partial charge in [-0.05, 0) is 60.2 Å². The van der Waals surface area contributed by atoms with E-state index in [2.05, 4.69) is 50.2 Å². The molecule has 1 unspecified atom stereocenters. The number of aliphatic hydroxyl groups excluding tert-OH is 1. The molecule has 2 aromatic carbocycles. The second kappa shape index (κ2) is 11.0. The molecule has 3 aromatic rings. The number of nitrogens with zero attached hydrogens (tertiary/aromatic N) is 1. The van der Waals surface area contributed by atoms with Crippen molar-refractivity contribution < 1.29 is 30.0 Å². The van der Waals surface area contributed by atoms with Crippen molar-refractivity contribution in [2.24, 2.45) is 16.7 Å². The molecule has 0 aliphatic heterocycles. The molecule has 1 radical (unpaired) electrons. The molecule has 0 amide bonds. The normalized spacial score (nSPS) is 20.3. The third kappa shape index (κ3) is 5.82. The average molecular weight is 661 g/mol. The largest absolute Gasteiger partial charge is 0.511 e. The molecule has 0 bridgehead atoms. The zero-order chi connectivity index (χ0) is 25.4. The van der Waals surface area contributed by atoms with E-state index < -0.39 is 0 Å². The van der Waals surface area contributed by atoms with Crippen LogP contribution in [0.15, 0.2) is 65.9 Å². The standard InChI is InChI=1S/C18H16N.C14H22O2.Ir/c1-13(2)16-9-8-15-10-11-17(19-18(15)12-16)14-6-4-3-5-7-14;1-13(2)7-5-9-6-8-14(3,4)12(16)10(9)11(13)15;/h3-6,8-13H,1-2H3;9,15H,5-8H2,1-4H3;/q-1;;. The number of hydrogen-bond donors (Lipinski definition) is 1. The van der Waals surface area contributed by atoms with Crippen molar-refractivity contribution in [3.05, 3.63) is 77.6 Å². The van der Waals surface area contributed by atoms with E-state index in [9.17, 15) is 9.90 Å². The van der Waals surface area contributed by atoms with Crippen molar-refractivity contribution in [3.8, 4) is 11.3 Å². The Balaban J connectivity index is 0.000000198. The van der Waals surface area contributed by atoms with Gasteiger partial charge in [-0.15, -0.1) is 35.9 Å². The zero-order valence-electron chi connectivity index (χ0n) is 22.3. The van der Waals surface area contributed by atoms with Crippen LogP contribution >= 0.6 is 0 Å². The number of pyridine rings is 1. The molecule has 1 saturated carbocycles. The van der Waals surface area contributed by atoms with E-state index in [1.54, 1.807) is 0 Å². The summed E-state index contributed by atoms with van der Waals surface area (Å²) in [6, 6.07) is 21.9. The van der Waals surface area contributed by atoms with Gasteiger partial charge >= 0.3 is 0 Å². The average Bonchev–Trinajstić information content (AvgIpc) is 2.84. The Morgan fingerprint density at radius 1 is 0.972 bits per heavy atom. The Morgan fingerprint density at radius 3 is 2.28 bits per heavy atom. The molecule has 2 aliphatic rings. The maximum absolute atomic E-state index is 12.4. The van der Waals surface area contributed by atoms with Crippen LogP contribution < -0.4 is 0 Å². The number of ketones is 1. The molecule has 4 heteroatoms. The smallest absolute Gasteiger partial charge is 0.168 e.